The summed E-state index contributed by atoms with van der Waals surface area (Å²) in [6.07, 6.45) is 0. The number of aromatic nitrogens is 2. The second kappa shape index (κ2) is 5.68. The zero-order valence-corrected chi connectivity index (χ0v) is 10.6. The second-order valence-corrected chi connectivity index (χ2v) is 4.00. The number of hydrogen-bond donors (Lipinski definition) is 1. The van der Waals surface area contributed by atoms with E-state index in [1.54, 1.807) is 6.92 Å². The summed E-state index contributed by atoms with van der Waals surface area (Å²) in [5.41, 5.74) is 0.0621. The lowest BCUT2D eigenvalue weighted by atomic mass is 10.2. The third-order valence-electron chi connectivity index (χ3n) is 2.58. The van der Waals surface area contributed by atoms with Gasteiger partial charge in [-0.15, -0.1) is 0 Å². The molecule has 0 atom stereocenters. The second-order valence-electron chi connectivity index (χ2n) is 4.00. The number of nitrogens with zero attached hydrogens (tertiary/aromatic N) is 2. The van der Waals surface area contributed by atoms with E-state index >= 15 is 0 Å². The van der Waals surface area contributed by atoms with E-state index in [1.807, 2.05) is 0 Å². The fraction of sp³-hybridized carbons (Fsp3) is 0.231. The summed E-state index contributed by atoms with van der Waals surface area (Å²) in [5, 5.41) is 13.5. The quantitative estimate of drug-likeness (QED) is 0.872. The van der Waals surface area contributed by atoms with Crippen LogP contribution in [0.15, 0.2) is 24.3 Å². The van der Waals surface area contributed by atoms with E-state index in [2.05, 4.69) is 5.10 Å². The molecule has 2 rings (SSSR count). The van der Waals surface area contributed by atoms with E-state index in [-0.39, 0.29) is 30.3 Å². The van der Waals surface area contributed by atoms with Gasteiger partial charge in [-0.05, 0) is 13.0 Å². The number of rotatable bonds is 4. The van der Waals surface area contributed by atoms with Crippen LogP contribution in [0.25, 0.3) is 0 Å². The predicted octanol–water partition coefficient (Wildman–Crippen LogP) is 2.09. The van der Waals surface area contributed by atoms with Crippen molar-refractivity contribution in [3.63, 3.8) is 0 Å². The van der Waals surface area contributed by atoms with Crippen LogP contribution in [0.2, 0.25) is 0 Å². The van der Waals surface area contributed by atoms with Crippen LogP contribution in [-0.4, -0.2) is 27.5 Å². The molecule has 1 aromatic carbocycles. The molecule has 1 heterocycles. The van der Waals surface area contributed by atoms with Gasteiger partial charge in [0.1, 0.15) is 11.6 Å². The number of halogens is 2. The molecule has 0 amide bonds. The maximum absolute atomic E-state index is 13.5. The number of hydrogen-bond acceptors (Lipinski definition) is 4. The molecule has 0 fully saturated rings. The Kier molecular flexibility index (Phi) is 3.97. The highest BCUT2D eigenvalue weighted by molar-refractivity contribution is 5.87. The zero-order valence-electron chi connectivity index (χ0n) is 10.6. The Labute approximate surface area is 113 Å². The van der Waals surface area contributed by atoms with Gasteiger partial charge < -0.3 is 9.84 Å². The van der Waals surface area contributed by atoms with Gasteiger partial charge >= 0.3 is 5.97 Å². The lowest BCUT2D eigenvalue weighted by molar-refractivity contribution is 0.0518. The molecule has 0 bridgehead atoms. The SMILES string of the molecule is CCOC(=O)c1cc(O)n(Cc2ccc(F)cc2F)n1. The van der Waals surface area contributed by atoms with Crippen molar-refractivity contribution in [2.24, 2.45) is 0 Å². The lowest BCUT2D eigenvalue weighted by Crippen LogP contribution is -2.08. The van der Waals surface area contributed by atoms with Gasteiger partial charge in [-0.1, -0.05) is 6.07 Å². The standard InChI is InChI=1S/C13H12F2N2O3/c1-2-20-13(19)11-6-12(18)17(16-11)7-8-3-4-9(14)5-10(8)15/h3-6,18H,2,7H2,1H3. The van der Waals surface area contributed by atoms with Crippen molar-refractivity contribution in [1.29, 1.82) is 0 Å². The topological polar surface area (TPSA) is 64.3 Å². The van der Waals surface area contributed by atoms with Crippen LogP contribution in [0.4, 0.5) is 8.78 Å². The van der Waals surface area contributed by atoms with Crippen molar-refractivity contribution in [3.05, 3.63) is 47.2 Å². The van der Waals surface area contributed by atoms with Gasteiger partial charge in [0.2, 0.25) is 5.88 Å². The molecular weight excluding hydrogens is 270 g/mol. The Morgan fingerprint density at radius 1 is 1.40 bits per heavy atom. The first-order chi connectivity index (χ1) is 9.51. The van der Waals surface area contributed by atoms with Crippen molar-refractivity contribution in [2.45, 2.75) is 13.5 Å². The molecule has 0 aliphatic rings. The minimum atomic E-state index is -0.752. The van der Waals surface area contributed by atoms with E-state index in [0.717, 1.165) is 22.9 Å². The van der Waals surface area contributed by atoms with Gasteiger partial charge in [-0.2, -0.15) is 5.10 Å². The number of ether oxygens (including phenoxy) is 1. The first-order valence-corrected chi connectivity index (χ1v) is 5.89. The van der Waals surface area contributed by atoms with Crippen LogP contribution < -0.4 is 0 Å². The molecule has 0 aliphatic carbocycles. The minimum absolute atomic E-state index is 0.0770. The number of carbonyl (C=O) groups excluding carboxylic acids is 1. The van der Waals surface area contributed by atoms with Gasteiger partial charge in [-0.25, -0.2) is 18.3 Å². The van der Waals surface area contributed by atoms with Gasteiger partial charge in [0.15, 0.2) is 5.69 Å². The summed E-state index contributed by atoms with van der Waals surface area (Å²) in [6.45, 7) is 1.69. The lowest BCUT2D eigenvalue weighted by Gasteiger charge is -2.04. The molecule has 5 nitrogen and oxygen atoms in total. The van der Waals surface area contributed by atoms with Crippen molar-refractivity contribution in [2.75, 3.05) is 6.61 Å². The van der Waals surface area contributed by atoms with E-state index < -0.39 is 17.6 Å². The summed E-state index contributed by atoms with van der Waals surface area (Å²) in [4.78, 5) is 11.4. The molecular formula is C13H12F2N2O3. The van der Waals surface area contributed by atoms with E-state index in [0.29, 0.717) is 0 Å². The van der Waals surface area contributed by atoms with Crippen molar-refractivity contribution < 1.29 is 23.4 Å². The van der Waals surface area contributed by atoms with Crippen molar-refractivity contribution >= 4 is 5.97 Å². The zero-order chi connectivity index (χ0) is 14.7. The Morgan fingerprint density at radius 3 is 2.80 bits per heavy atom. The predicted molar refractivity (Wildman–Crippen MR) is 65.3 cm³/mol. The molecule has 0 aliphatic heterocycles. The van der Waals surface area contributed by atoms with E-state index in [9.17, 15) is 18.7 Å². The molecule has 0 spiro atoms. The van der Waals surface area contributed by atoms with Crippen LogP contribution in [0, 0.1) is 11.6 Å². The molecule has 1 N–H and O–H groups in total. The van der Waals surface area contributed by atoms with E-state index in [4.69, 9.17) is 4.74 Å². The van der Waals surface area contributed by atoms with Gasteiger partial charge in [0.05, 0.1) is 13.2 Å². The average Bonchev–Trinajstić information content (AvgIpc) is 2.75. The molecule has 2 aromatic rings. The van der Waals surface area contributed by atoms with Crippen LogP contribution >= 0.6 is 0 Å². The van der Waals surface area contributed by atoms with Crippen LogP contribution in [0.3, 0.4) is 0 Å². The molecule has 0 unspecified atom stereocenters. The molecule has 106 valence electrons. The molecule has 0 saturated heterocycles. The fourth-order valence-corrected chi connectivity index (χ4v) is 1.64. The third kappa shape index (κ3) is 2.93. The fourth-order valence-electron chi connectivity index (χ4n) is 1.64. The van der Waals surface area contributed by atoms with Gasteiger partial charge in [0.25, 0.3) is 0 Å². The van der Waals surface area contributed by atoms with Gasteiger partial charge in [-0.3, -0.25) is 0 Å². The highest BCUT2D eigenvalue weighted by atomic mass is 19.1. The molecule has 0 saturated carbocycles. The minimum Gasteiger partial charge on any atom is -0.493 e. The summed E-state index contributed by atoms with van der Waals surface area (Å²) in [5.74, 6) is -2.43. The summed E-state index contributed by atoms with van der Waals surface area (Å²) < 4.78 is 32.1. The molecule has 7 heteroatoms. The van der Waals surface area contributed by atoms with Crippen LogP contribution in [-0.2, 0) is 11.3 Å². The number of esters is 1. The highest BCUT2D eigenvalue weighted by Gasteiger charge is 2.16. The summed E-state index contributed by atoms with van der Waals surface area (Å²) in [7, 11) is 0. The summed E-state index contributed by atoms with van der Waals surface area (Å²) in [6, 6.07) is 4.21. The molecule has 20 heavy (non-hydrogen) atoms. The first-order valence-electron chi connectivity index (χ1n) is 5.89. The maximum Gasteiger partial charge on any atom is 0.358 e. The van der Waals surface area contributed by atoms with Crippen LogP contribution in [0.1, 0.15) is 23.0 Å². The van der Waals surface area contributed by atoms with E-state index in [1.165, 1.54) is 6.07 Å². The molecule has 0 radical (unpaired) electrons. The van der Waals surface area contributed by atoms with Crippen molar-refractivity contribution in [1.82, 2.24) is 9.78 Å². The van der Waals surface area contributed by atoms with Crippen molar-refractivity contribution in [3.8, 4) is 5.88 Å². The number of aromatic hydroxyl groups is 1. The smallest absolute Gasteiger partial charge is 0.358 e. The Hall–Kier alpha value is -2.44. The first kappa shape index (κ1) is 14.0. The summed E-state index contributed by atoms with van der Waals surface area (Å²) >= 11 is 0. The Morgan fingerprint density at radius 2 is 2.15 bits per heavy atom. The number of carbonyl (C=O) groups is 1. The highest BCUT2D eigenvalue weighted by Crippen LogP contribution is 2.17. The van der Waals surface area contributed by atoms with Crippen LogP contribution in [0.5, 0.6) is 5.88 Å². The Balaban J connectivity index is 2.23. The average molecular weight is 282 g/mol. The largest absolute Gasteiger partial charge is 0.493 e. The normalized spacial score (nSPS) is 10.6. The Bertz CT molecular complexity index is 641. The monoisotopic (exact) mass is 282 g/mol. The third-order valence-corrected chi connectivity index (χ3v) is 2.58. The number of benzene rings is 1. The molecule has 1 aromatic heterocycles. The van der Waals surface area contributed by atoms with Gasteiger partial charge in [0, 0.05) is 17.7 Å². The maximum atomic E-state index is 13.5.